The van der Waals surface area contributed by atoms with Gasteiger partial charge in [-0.2, -0.15) is 5.10 Å². The third-order valence-electron chi connectivity index (χ3n) is 4.68. The maximum Gasteiger partial charge on any atom is 0.225 e. The number of nitrogens with zero attached hydrogens (tertiary/aromatic N) is 4. The van der Waals surface area contributed by atoms with E-state index >= 15 is 0 Å². The van der Waals surface area contributed by atoms with E-state index in [-0.39, 0.29) is 5.91 Å². The van der Waals surface area contributed by atoms with Crippen LogP contribution < -0.4 is 10.2 Å². The zero-order valence-corrected chi connectivity index (χ0v) is 14.6. The number of aromatic nitrogens is 3. The lowest BCUT2D eigenvalue weighted by Gasteiger charge is -2.40. The van der Waals surface area contributed by atoms with E-state index in [0.29, 0.717) is 12.3 Å². The monoisotopic (exact) mass is 343 g/mol. The molecule has 6 nitrogen and oxygen atoms in total. The first-order chi connectivity index (χ1) is 11.7. The van der Waals surface area contributed by atoms with E-state index in [1.165, 1.54) is 17.7 Å². The van der Waals surface area contributed by atoms with Gasteiger partial charge in [0.2, 0.25) is 5.91 Å². The maximum absolute atomic E-state index is 12.0. The number of thiazole rings is 1. The summed E-state index contributed by atoms with van der Waals surface area (Å²) in [6.45, 7) is 4.56. The van der Waals surface area contributed by atoms with Crippen LogP contribution in [0.1, 0.15) is 27.6 Å². The van der Waals surface area contributed by atoms with E-state index in [9.17, 15) is 4.79 Å². The quantitative estimate of drug-likeness (QED) is 0.891. The average Bonchev–Trinajstić information content (AvgIpc) is 3.14. The third-order valence-corrected chi connectivity index (χ3v) is 5.59. The molecule has 126 valence electrons. The van der Waals surface area contributed by atoms with E-state index in [1.807, 2.05) is 6.92 Å². The summed E-state index contributed by atoms with van der Waals surface area (Å²) in [5.41, 5.74) is 2.53. The molecule has 0 atom stereocenters. The molecule has 4 rings (SSSR count). The van der Waals surface area contributed by atoms with E-state index in [0.717, 1.165) is 48.2 Å². The highest BCUT2D eigenvalue weighted by Gasteiger charge is 2.29. The van der Waals surface area contributed by atoms with Crippen LogP contribution in [0.5, 0.6) is 0 Å². The van der Waals surface area contributed by atoms with Gasteiger partial charge in [-0.25, -0.2) is 4.98 Å². The van der Waals surface area contributed by atoms with Gasteiger partial charge in [0, 0.05) is 36.6 Å². The Morgan fingerprint density at radius 3 is 3.04 bits per heavy atom. The van der Waals surface area contributed by atoms with Crippen molar-refractivity contribution < 1.29 is 4.79 Å². The molecule has 7 heteroatoms. The Morgan fingerprint density at radius 1 is 1.38 bits per heavy atom. The minimum absolute atomic E-state index is 0.0782. The lowest BCUT2D eigenvalue weighted by Crippen LogP contribution is -2.52. The van der Waals surface area contributed by atoms with E-state index in [2.05, 4.69) is 31.5 Å². The van der Waals surface area contributed by atoms with Crippen molar-refractivity contribution in [2.75, 3.05) is 24.5 Å². The molecular formula is C17H21N5OS. The number of hydrogen-bond donors (Lipinski definition) is 1. The first-order valence-electron chi connectivity index (χ1n) is 8.46. The zero-order valence-electron chi connectivity index (χ0n) is 13.8. The van der Waals surface area contributed by atoms with Crippen molar-refractivity contribution in [1.82, 2.24) is 20.5 Å². The van der Waals surface area contributed by atoms with Crippen molar-refractivity contribution in [3.8, 4) is 0 Å². The molecule has 1 N–H and O–H groups in total. The standard InChI is InChI=1S/C17H21N5OS/c1-11-18-8-14(24-11)6-17(23)19-7-12-9-22(10-12)16-5-13-3-2-4-15(13)20-21-16/h5,8,12H,2-4,6-7,9-10H2,1H3,(H,19,23). The molecule has 1 aliphatic heterocycles. The molecule has 3 heterocycles. The molecule has 1 aliphatic carbocycles. The van der Waals surface area contributed by atoms with Crippen LogP contribution in [0.4, 0.5) is 5.82 Å². The molecule has 2 aliphatic rings. The van der Waals surface area contributed by atoms with Gasteiger partial charge in [0.05, 0.1) is 17.1 Å². The second-order valence-electron chi connectivity index (χ2n) is 6.63. The number of amides is 1. The van der Waals surface area contributed by atoms with Gasteiger partial charge in [-0.1, -0.05) is 0 Å². The Morgan fingerprint density at radius 2 is 2.25 bits per heavy atom. The van der Waals surface area contributed by atoms with Crippen LogP contribution in [0.15, 0.2) is 12.3 Å². The molecule has 1 amide bonds. The molecule has 1 fully saturated rings. The summed E-state index contributed by atoms with van der Waals surface area (Å²) < 4.78 is 0. The Labute approximate surface area is 145 Å². The predicted octanol–water partition coefficient (Wildman–Crippen LogP) is 1.53. The molecule has 0 bridgehead atoms. The summed E-state index contributed by atoms with van der Waals surface area (Å²) in [4.78, 5) is 19.4. The second-order valence-corrected chi connectivity index (χ2v) is 7.94. The van der Waals surface area contributed by atoms with Gasteiger partial charge in [-0.3, -0.25) is 4.79 Å². The molecule has 0 saturated carbocycles. The fourth-order valence-electron chi connectivity index (χ4n) is 3.32. The van der Waals surface area contributed by atoms with Crippen molar-refractivity contribution in [3.63, 3.8) is 0 Å². The third kappa shape index (κ3) is 3.26. The van der Waals surface area contributed by atoms with Crippen molar-refractivity contribution in [1.29, 1.82) is 0 Å². The second kappa shape index (κ2) is 6.47. The van der Waals surface area contributed by atoms with Crippen molar-refractivity contribution in [2.45, 2.75) is 32.6 Å². The van der Waals surface area contributed by atoms with Crippen molar-refractivity contribution >= 4 is 23.1 Å². The van der Waals surface area contributed by atoms with Gasteiger partial charge in [0.25, 0.3) is 0 Å². The molecule has 24 heavy (non-hydrogen) atoms. The molecule has 2 aromatic rings. The zero-order chi connectivity index (χ0) is 16.5. The van der Waals surface area contributed by atoms with Crippen LogP contribution in [0, 0.1) is 12.8 Å². The Hall–Kier alpha value is -2.02. The minimum Gasteiger partial charge on any atom is -0.355 e. The number of anilines is 1. The number of aryl methyl sites for hydroxylation is 3. The van der Waals surface area contributed by atoms with Crippen molar-refractivity contribution in [2.24, 2.45) is 5.92 Å². The molecule has 0 unspecified atom stereocenters. The SMILES string of the molecule is Cc1ncc(CC(=O)NCC2CN(c3cc4c(nn3)CCC4)C2)s1. The fourth-order valence-corrected chi connectivity index (χ4v) is 4.12. The lowest BCUT2D eigenvalue weighted by atomic mass is 10.00. The number of hydrogen-bond acceptors (Lipinski definition) is 6. The van der Waals surface area contributed by atoms with Gasteiger partial charge in [-0.15, -0.1) is 16.4 Å². The highest BCUT2D eigenvalue weighted by Crippen LogP contribution is 2.26. The number of fused-ring (bicyclic) bond motifs is 1. The van der Waals surface area contributed by atoms with Crippen LogP contribution in [0.25, 0.3) is 0 Å². The summed E-state index contributed by atoms with van der Waals surface area (Å²) in [7, 11) is 0. The smallest absolute Gasteiger partial charge is 0.225 e. The fraction of sp³-hybridized carbons (Fsp3) is 0.529. The topological polar surface area (TPSA) is 71.0 Å². The van der Waals surface area contributed by atoms with Crippen LogP contribution in [-0.2, 0) is 24.1 Å². The molecule has 2 aromatic heterocycles. The number of nitrogens with one attached hydrogen (secondary N) is 1. The summed E-state index contributed by atoms with van der Waals surface area (Å²) in [6, 6.07) is 2.19. The summed E-state index contributed by atoms with van der Waals surface area (Å²) in [5.74, 6) is 1.56. The minimum atomic E-state index is 0.0782. The maximum atomic E-state index is 12.0. The van der Waals surface area contributed by atoms with Gasteiger partial charge in [-0.05, 0) is 37.8 Å². The summed E-state index contributed by atoms with van der Waals surface area (Å²) in [5, 5.41) is 12.7. The van der Waals surface area contributed by atoms with E-state index in [4.69, 9.17) is 0 Å². The van der Waals surface area contributed by atoms with Gasteiger partial charge >= 0.3 is 0 Å². The first-order valence-corrected chi connectivity index (χ1v) is 9.27. The first kappa shape index (κ1) is 15.5. The molecular weight excluding hydrogens is 322 g/mol. The van der Waals surface area contributed by atoms with Gasteiger partial charge < -0.3 is 10.2 Å². The van der Waals surface area contributed by atoms with Gasteiger partial charge in [0.15, 0.2) is 5.82 Å². The van der Waals surface area contributed by atoms with Crippen LogP contribution in [-0.4, -0.2) is 40.7 Å². The van der Waals surface area contributed by atoms with Gasteiger partial charge in [0.1, 0.15) is 0 Å². The Bertz CT molecular complexity index is 753. The molecule has 0 radical (unpaired) electrons. The van der Waals surface area contributed by atoms with Crippen LogP contribution in [0.2, 0.25) is 0 Å². The molecule has 0 spiro atoms. The van der Waals surface area contributed by atoms with E-state index < -0.39 is 0 Å². The largest absolute Gasteiger partial charge is 0.355 e. The predicted molar refractivity (Wildman–Crippen MR) is 93.3 cm³/mol. The average molecular weight is 343 g/mol. The highest BCUT2D eigenvalue weighted by molar-refractivity contribution is 7.11. The van der Waals surface area contributed by atoms with E-state index in [1.54, 1.807) is 17.5 Å². The van der Waals surface area contributed by atoms with Crippen LogP contribution in [0.3, 0.4) is 0 Å². The number of carbonyl (C=O) groups is 1. The van der Waals surface area contributed by atoms with Crippen molar-refractivity contribution in [3.05, 3.63) is 33.4 Å². The summed E-state index contributed by atoms with van der Waals surface area (Å²) in [6.07, 6.45) is 5.61. The highest BCUT2D eigenvalue weighted by atomic mass is 32.1. The Kier molecular flexibility index (Phi) is 4.18. The lowest BCUT2D eigenvalue weighted by molar-refractivity contribution is -0.120. The number of rotatable bonds is 5. The normalized spacial score (nSPS) is 16.8. The Balaban J connectivity index is 1.22. The molecule has 1 saturated heterocycles. The number of carbonyl (C=O) groups excluding carboxylic acids is 1. The summed E-state index contributed by atoms with van der Waals surface area (Å²) >= 11 is 1.58. The van der Waals surface area contributed by atoms with Crippen LogP contribution >= 0.6 is 11.3 Å². The molecule has 0 aromatic carbocycles.